The van der Waals surface area contributed by atoms with Crippen molar-refractivity contribution in [1.29, 1.82) is 0 Å². The molecule has 0 heterocycles. The van der Waals surface area contributed by atoms with Crippen LogP contribution in [-0.2, 0) is 0 Å². The number of allylic oxidation sites excluding steroid dienone is 2. The molecular formula is C17H30O. The average molecular weight is 250 g/mol. The SMILES string of the molecule is CCCC1=C(CCC)C(O)C(CCC)=C1CCC. The van der Waals surface area contributed by atoms with Crippen LogP contribution in [0.2, 0.25) is 0 Å². The Labute approximate surface area is 113 Å². The van der Waals surface area contributed by atoms with Crippen LogP contribution in [0, 0.1) is 0 Å². The quantitative estimate of drug-likeness (QED) is 0.631. The van der Waals surface area contributed by atoms with E-state index in [1.165, 1.54) is 35.1 Å². The Morgan fingerprint density at radius 3 is 1.28 bits per heavy atom. The van der Waals surface area contributed by atoms with Crippen LogP contribution in [0.1, 0.15) is 79.1 Å². The molecule has 0 saturated carbocycles. The highest BCUT2D eigenvalue weighted by atomic mass is 16.3. The van der Waals surface area contributed by atoms with Crippen LogP contribution >= 0.6 is 0 Å². The topological polar surface area (TPSA) is 20.2 Å². The normalized spacial score (nSPS) is 17.2. The van der Waals surface area contributed by atoms with Crippen molar-refractivity contribution in [1.82, 2.24) is 0 Å². The maximum atomic E-state index is 10.6. The largest absolute Gasteiger partial charge is 0.384 e. The second-order valence-electron chi connectivity index (χ2n) is 5.41. The highest BCUT2D eigenvalue weighted by Crippen LogP contribution is 2.41. The molecule has 1 N–H and O–H groups in total. The predicted octanol–water partition coefficient (Wildman–Crippen LogP) is 5.15. The minimum atomic E-state index is -0.256. The first-order chi connectivity index (χ1) is 8.71. The third kappa shape index (κ3) is 3.26. The van der Waals surface area contributed by atoms with Crippen molar-refractivity contribution in [3.63, 3.8) is 0 Å². The third-order valence-electron chi connectivity index (χ3n) is 3.84. The molecule has 0 aromatic heterocycles. The fourth-order valence-electron chi connectivity index (χ4n) is 3.16. The van der Waals surface area contributed by atoms with E-state index in [0.717, 1.165) is 38.5 Å². The van der Waals surface area contributed by atoms with Crippen LogP contribution in [0.25, 0.3) is 0 Å². The van der Waals surface area contributed by atoms with Gasteiger partial charge in [-0.05, 0) is 48.0 Å². The van der Waals surface area contributed by atoms with E-state index < -0.39 is 0 Å². The van der Waals surface area contributed by atoms with Gasteiger partial charge in [0.05, 0.1) is 6.10 Å². The molecule has 18 heavy (non-hydrogen) atoms. The Hall–Kier alpha value is -0.560. The van der Waals surface area contributed by atoms with Crippen LogP contribution in [0.3, 0.4) is 0 Å². The molecule has 0 aromatic rings. The molecule has 0 radical (unpaired) electrons. The van der Waals surface area contributed by atoms with Crippen molar-refractivity contribution in [2.24, 2.45) is 0 Å². The van der Waals surface area contributed by atoms with Gasteiger partial charge in [-0.2, -0.15) is 0 Å². The summed E-state index contributed by atoms with van der Waals surface area (Å²) >= 11 is 0. The van der Waals surface area contributed by atoms with Crippen molar-refractivity contribution in [2.45, 2.75) is 85.2 Å². The zero-order chi connectivity index (χ0) is 13.5. The molecule has 0 saturated heterocycles. The first kappa shape index (κ1) is 15.5. The van der Waals surface area contributed by atoms with Gasteiger partial charge in [0, 0.05) is 0 Å². The minimum Gasteiger partial charge on any atom is -0.384 e. The Balaban J connectivity index is 3.08. The number of hydrogen-bond donors (Lipinski definition) is 1. The lowest BCUT2D eigenvalue weighted by molar-refractivity contribution is 0.239. The zero-order valence-electron chi connectivity index (χ0n) is 12.7. The molecule has 1 aliphatic rings. The lowest BCUT2D eigenvalue weighted by Gasteiger charge is -2.13. The Kier molecular flexibility index (Phi) is 6.70. The summed E-state index contributed by atoms with van der Waals surface area (Å²) in [4.78, 5) is 0. The van der Waals surface area contributed by atoms with Crippen molar-refractivity contribution < 1.29 is 5.11 Å². The van der Waals surface area contributed by atoms with Crippen molar-refractivity contribution in [3.05, 3.63) is 22.3 Å². The fourth-order valence-corrected chi connectivity index (χ4v) is 3.16. The molecule has 1 heteroatoms. The summed E-state index contributed by atoms with van der Waals surface area (Å²) in [5.74, 6) is 0. The Bertz CT molecular complexity index is 291. The Morgan fingerprint density at radius 1 is 0.667 bits per heavy atom. The summed E-state index contributed by atoms with van der Waals surface area (Å²) in [5, 5.41) is 10.6. The standard InChI is InChI=1S/C17H30O/c1-5-9-13-14(10-6-2)16(12-8-4)17(18)15(13)11-7-3/h17-18H,5-12H2,1-4H3. The molecule has 0 amide bonds. The van der Waals surface area contributed by atoms with Crippen LogP contribution in [0.15, 0.2) is 22.3 Å². The first-order valence-corrected chi connectivity index (χ1v) is 7.83. The molecule has 0 spiro atoms. The van der Waals surface area contributed by atoms with Gasteiger partial charge in [0.1, 0.15) is 0 Å². The van der Waals surface area contributed by atoms with E-state index >= 15 is 0 Å². The van der Waals surface area contributed by atoms with Gasteiger partial charge < -0.3 is 5.11 Å². The van der Waals surface area contributed by atoms with E-state index in [0.29, 0.717) is 0 Å². The van der Waals surface area contributed by atoms with Gasteiger partial charge in [0.25, 0.3) is 0 Å². The highest BCUT2D eigenvalue weighted by Gasteiger charge is 2.29. The van der Waals surface area contributed by atoms with Crippen molar-refractivity contribution >= 4 is 0 Å². The van der Waals surface area contributed by atoms with Gasteiger partial charge in [-0.1, -0.05) is 53.4 Å². The third-order valence-corrected chi connectivity index (χ3v) is 3.84. The Morgan fingerprint density at radius 2 is 1.00 bits per heavy atom. The van der Waals surface area contributed by atoms with Crippen LogP contribution in [0.4, 0.5) is 0 Å². The van der Waals surface area contributed by atoms with E-state index in [1.807, 2.05) is 0 Å². The molecular weight excluding hydrogens is 220 g/mol. The molecule has 0 unspecified atom stereocenters. The van der Waals surface area contributed by atoms with Gasteiger partial charge in [-0.25, -0.2) is 0 Å². The number of rotatable bonds is 8. The van der Waals surface area contributed by atoms with E-state index in [1.54, 1.807) is 0 Å². The van der Waals surface area contributed by atoms with Gasteiger partial charge in [-0.15, -0.1) is 0 Å². The lowest BCUT2D eigenvalue weighted by atomic mass is 9.95. The summed E-state index contributed by atoms with van der Waals surface area (Å²) in [6.45, 7) is 8.90. The van der Waals surface area contributed by atoms with Gasteiger partial charge in [-0.3, -0.25) is 0 Å². The van der Waals surface area contributed by atoms with Crippen molar-refractivity contribution in [3.8, 4) is 0 Å². The summed E-state index contributed by atoms with van der Waals surface area (Å²) in [6.07, 6.45) is 8.81. The summed E-state index contributed by atoms with van der Waals surface area (Å²) in [5.41, 5.74) is 5.70. The second kappa shape index (κ2) is 7.78. The van der Waals surface area contributed by atoms with Gasteiger partial charge in [0.2, 0.25) is 0 Å². The first-order valence-electron chi connectivity index (χ1n) is 7.83. The lowest BCUT2D eigenvalue weighted by Crippen LogP contribution is -2.10. The summed E-state index contributed by atoms with van der Waals surface area (Å²) < 4.78 is 0. The zero-order valence-corrected chi connectivity index (χ0v) is 12.7. The molecule has 1 aliphatic carbocycles. The maximum absolute atomic E-state index is 10.6. The molecule has 0 atom stereocenters. The van der Waals surface area contributed by atoms with Gasteiger partial charge in [0.15, 0.2) is 0 Å². The minimum absolute atomic E-state index is 0.256. The van der Waals surface area contributed by atoms with Crippen LogP contribution < -0.4 is 0 Å². The number of aliphatic hydroxyl groups excluding tert-OH is 1. The monoisotopic (exact) mass is 250 g/mol. The molecule has 0 fully saturated rings. The maximum Gasteiger partial charge on any atom is 0.0972 e. The van der Waals surface area contributed by atoms with E-state index in [-0.39, 0.29) is 6.10 Å². The van der Waals surface area contributed by atoms with Crippen LogP contribution in [-0.4, -0.2) is 11.2 Å². The summed E-state index contributed by atoms with van der Waals surface area (Å²) in [6, 6.07) is 0. The van der Waals surface area contributed by atoms with E-state index in [4.69, 9.17) is 0 Å². The summed E-state index contributed by atoms with van der Waals surface area (Å²) in [7, 11) is 0. The van der Waals surface area contributed by atoms with E-state index in [2.05, 4.69) is 27.7 Å². The molecule has 0 bridgehead atoms. The van der Waals surface area contributed by atoms with Crippen LogP contribution in [0.5, 0.6) is 0 Å². The average Bonchev–Trinajstić information content (AvgIpc) is 2.58. The number of aliphatic hydroxyl groups is 1. The highest BCUT2D eigenvalue weighted by molar-refractivity contribution is 5.51. The second-order valence-corrected chi connectivity index (χ2v) is 5.41. The molecule has 104 valence electrons. The molecule has 0 aromatic carbocycles. The van der Waals surface area contributed by atoms with Crippen molar-refractivity contribution in [2.75, 3.05) is 0 Å². The predicted molar refractivity (Wildman–Crippen MR) is 79.7 cm³/mol. The molecule has 0 aliphatic heterocycles. The smallest absolute Gasteiger partial charge is 0.0972 e. The molecule has 1 rings (SSSR count). The van der Waals surface area contributed by atoms with E-state index in [9.17, 15) is 5.11 Å². The fraction of sp³-hybridized carbons (Fsp3) is 0.765. The van der Waals surface area contributed by atoms with Gasteiger partial charge >= 0.3 is 0 Å². The molecule has 1 nitrogen and oxygen atoms in total. The number of hydrogen-bond acceptors (Lipinski definition) is 1.